The van der Waals surface area contributed by atoms with Gasteiger partial charge in [0.2, 0.25) is 5.91 Å². The molecule has 37 heavy (non-hydrogen) atoms. The minimum absolute atomic E-state index is 0.00668. The quantitative estimate of drug-likeness (QED) is 0.333. The number of esters is 1. The van der Waals surface area contributed by atoms with Crippen LogP contribution in [0.4, 0.5) is 18.9 Å². The summed E-state index contributed by atoms with van der Waals surface area (Å²) in [4.78, 5) is 23.8. The summed E-state index contributed by atoms with van der Waals surface area (Å²) < 4.78 is 48.1. The van der Waals surface area contributed by atoms with Crippen LogP contribution in [0, 0.1) is 0 Å². The zero-order valence-electron chi connectivity index (χ0n) is 19.9. The lowest BCUT2D eigenvalue weighted by Crippen LogP contribution is -2.46. The van der Waals surface area contributed by atoms with Gasteiger partial charge < -0.3 is 15.2 Å². The van der Waals surface area contributed by atoms with Crippen LogP contribution in [0.5, 0.6) is 0 Å². The van der Waals surface area contributed by atoms with Gasteiger partial charge in [-0.05, 0) is 65.1 Å². The molecule has 1 aliphatic heterocycles. The van der Waals surface area contributed by atoms with E-state index in [1.165, 1.54) is 50.4 Å². The number of hydrogen-bond acceptors (Lipinski definition) is 4. The van der Waals surface area contributed by atoms with E-state index >= 15 is 0 Å². The molecule has 2 N–H and O–H groups in total. The highest BCUT2D eigenvalue weighted by Crippen LogP contribution is 2.51. The van der Waals surface area contributed by atoms with Gasteiger partial charge in [0.25, 0.3) is 0 Å². The average molecular weight is 552 g/mol. The van der Waals surface area contributed by atoms with Crippen LogP contribution in [-0.4, -0.2) is 30.3 Å². The number of fused-ring (bicyclic) bond motifs is 1. The third kappa shape index (κ3) is 4.58. The summed E-state index contributed by atoms with van der Waals surface area (Å²) in [5, 5.41) is 14.0. The average Bonchev–Trinajstić information content (AvgIpc) is 3.14. The Balaban J connectivity index is 1.74. The van der Waals surface area contributed by atoms with Gasteiger partial charge in [-0.2, -0.15) is 13.2 Å². The van der Waals surface area contributed by atoms with Gasteiger partial charge in [-0.15, -0.1) is 0 Å². The molecule has 5 nitrogen and oxygen atoms in total. The highest BCUT2D eigenvalue weighted by atomic mass is 35.5. The van der Waals surface area contributed by atoms with Crippen LogP contribution < -0.4 is 5.32 Å². The SMILES string of the molecule is COC(=O)c1ccc(-c2ccc(C(C)C(O)(c3ccc4c(c3)C(C)C(=O)N4)C(F)(F)F)c(Cl)c2)cc1Cl. The second kappa shape index (κ2) is 9.67. The van der Waals surface area contributed by atoms with Gasteiger partial charge in [-0.25, -0.2) is 4.79 Å². The first kappa shape index (κ1) is 27.0. The van der Waals surface area contributed by atoms with Gasteiger partial charge in [0.1, 0.15) is 0 Å². The Morgan fingerprint density at radius 2 is 1.65 bits per heavy atom. The number of anilines is 1. The molecule has 194 valence electrons. The molecule has 3 atom stereocenters. The topological polar surface area (TPSA) is 75.6 Å². The summed E-state index contributed by atoms with van der Waals surface area (Å²) in [5.74, 6) is -3.08. The molecule has 0 aliphatic carbocycles. The Labute approximate surface area is 221 Å². The van der Waals surface area contributed by atoms with Crippen molar-refractivity contribution in [2.45, 2.75) is 37.5 Å². The number of amides is 1. The van der Waals surface area contributed by atoms with Crippen molar-refractivity contribution in [2.24, 2.45) is 0 Å². The first-order valence-electron chi connectivity index (χ1n) is 11.2. The number of aliphatic hydroxyl groups is 1. The maximum atomic E-state index is 14.5. The van der Waals surface area contributed by atoms with E-state index in [2.05, 4.69) is 10.1 Å². The van der Waals surface area contributed by atoms with Crippen LogP contribution in [0.25, 0.3) is 11.1 Å². The normalized spacial score (nSPS) is 17.5. The van der Waals surface area contributed by atoms with E-state index in [4.69, 9.17) is 23.2 Å². The number of ether oxygens (including phenoxy) is 1. The van der Waals surface area contributed by atoms with E-state index in [1.807, 2.05) is 0 Å². The van der Waals surface area contributed by atoms with Gasteiger partial charge in [0.15, 0.2) is 5.60 Å². The van der Waals surface area contributed by atoms with Gasteiger partial charge >= 0.3 is 12.1 Å². The largest absolute Gasteiger partial charge is 0.465 e. The number of carbonyl (C=O) groups excluding carboxylic acids is 2. The van der Waals surface area contributed by atoms with E-state index in [0.29, 0.717) is 22.4 Å². The summed E-state index contributed by atoms with van der Waals surface area (Å²) >= 11 is 12.7. The number of rotatable bonds is 5. The molecule has 3 aromatic carbocycles. The van der Waals surface area contributed by atoms with Gasteiger partial charge in [0, 0.05) is 16.6 Å². The zero-order valence-corrected chi connectivity index (χ0v) is 21.4. The molecule has 1 amide bonds. The summed E-state index contributed by atoms with van der Waals surface area (Å²) in [7, 11) is 1.23. The number of benzene rings is 3. The molecular weight excluding hydrogens is 530 g/mol. The summed E-state index contributed by atoms with van der Waals surface area (Å²) in [6, 6.07) is 12.8. The molecule has 3 aromatic rings. The van der Waals surface area contributed by atoms with Crippen molar-refractivity contribution < 1.29 is 32.6 Å². The third-order valence-electron chi connectivity index (χ3n) is 6.84. The summed E-state index contributed by atoms with van der Waals surface area (Å²) in [6.07, 6.45) is -5.06. The molecule has 0 bridgehead atoms. The Morgan fingerprint density at radius 3 is 2.22 bits per heavy atom. The van der Waals surface area contributed by atoms with Crippen LogP contribution in [-0.2, 0) is 15.1 Å². The fourth-order valence-corrected chi connectivity index (χ4v) is 5.17. The van der Waals surface area contributed by atoms with Crippen LogP contribution in [0.2, 0.25) is 10.0 Å². The molecule has 3 unspecified atom stereocenters. The van der Waals surface area contributed by atoms with Crippen molar-refractivity contribution >= 4 is 40.8 Å². The standard InChI is InChI=1S/C27H22Cl2F3NO4/c1-13-20-12-17(6-9-23(20)33-24(13)34)26(36,27(30,31)32)14(2)18-7-4-15(10-21(18)28)16-5-8-19(22(29)11-16)25(35)37-3/h4-14,36H,1-3H3,(H,33,34). The van der Waals surface area contributed by atoms with Gasteiger partial charge in [-0.1, -0.05) is 54.4 Å². The van der Waals surface area contributed by atoms with Gasteiger partial charge in [-0.3, -0.25) is 4.79 Å². The maximum absolute atomic E-state index is 14.5. The maximum Gasteiger partial charge on any atom is 0.422 e. The minimum atomic E-state index is -5.06. The predicted octanol–water partition coefficient (Wildman–Crippen LogP) is 7.06. The second-order valence-corrected chi connectivity index (χ2v) is 9.74. The van der Waals surface area contributed by atoms with Crippen molar-refractivity contribution in [2.75, 3.05) is 12.4 Å². The molecule has 4 rings (SSSR count). The van der Waals surface area contributed by atoms with Crippen molar-refractivity contribution in [1.82, 2.24) is 0 Å². The highest BCUT2D eigenvalue weighted by molar-refractivity contribution is 6.34. The fraction of sp³-hybridized carbons (Fsp3) is 0.259. The van der Waals surface area contributed by atoms with Crippen molar-refractivity contribution in [1.29, 1.82) is 0 Å². The fourth-order valence-electron chi connectivity index (χ4n) is 4.57. The lowest BCUT2D eigenvalue weighted by molar-refractivity contribution is -0.274. The molecule has 0 radical (unpaired) electrons. The lowest BCUT2D eigenvalue weighted by Gasteiger charge is -2.37. The van der Waals surface area contributed by atoms with E-state index in [9.17, 15) is 27.9 Å². The smallest absolute Gasteiger partial charge is 0.422 e. The molecule has 10 heteroatoms. The van der Waals surface area contributed by atoms with Gasteiger partial charge in [0.05, 0.1) is 23.6 Å². The number of carbonyl (C=O) groups is 2. The number of methoxy groups -OCH3 is 1. The minimum Gasteiger partial charge on any atom is -0.465 e. The highest BCUT2D eigenvalue weighted by Gasteiger charge is 2.59. The predicted molar refractivity (Wildman–Crippen MR) is 135 cm³/mol. The monoisotopic (exact) mass is 551 g/mol. The van der Waals surface area contributed by atoms with E-state index < -0.39 is 29.6 Å². The van der Waals surface area contributed by atoms with Crippen LogP contribution >= 0.6 is 23.2 Å². The zero-order chi connectivity index (χ0) is 27.3. The van der Waals surface area contributed by atoms with Crippen LogP contribution in [0.15, 0.2) is 54.6 Å². The Bertz CT molecular complexity index is 1410. The van der Waals surface area contributed by atoms with Crippen molar-refractivity contribution in [3.05, 3.63) is 86.9 Å². The third-order valence-corrected chi connectivity index (χ3v) is 7.48. The molecular formula is C27H22Cl2F3NO4. The van der Waals surface area contributed by atoms with Crippen LogP contribution in [0.3, 0.4) is 0 Å². The Hall–Kier alpha value is -3.07. The Morgan fingerprint density at radius 1 is 1.03 bits per heavy atom. The van der Waals surface area contributed by atoms with E-state index in [-0.39, 0.29) is 32.6 Å². The number of nitrogens with one attached hydrogen (secondary N) is 1. The molecule has 0 saturated heterocycles. The summed E-state index contributed by atoms with van der Waals surface area (Å²) in [6.45, 7) is 2.83. The molecule has 0 aromatic heterocycles. The number of hydrogen-bond donors (Lipinski definition) is 2. The summed E-state index contributed by atoms with van der Waals surface area (Å²) in [5.41, 5.74) is -1.52. The number of halogens is 5. The first-order valence-corrected chi connectivity index (χ1v) is 12.0. The van der Waals surface area contributed by atoms with Crippen LogP contribution in [0.1, 0.15) is 52.7 Å². The van der Waals surface area contributed by atoms with Crippen molar-refractivity contribution in [3.63, 3.8) is 0 Å². The Kier molecular flexibility index (Phi) is 7.05. The first-order chi connectivity index (χ1) is 17.3. The molecule has 1 aliphatic rings. The molecule has 0 spiro atoms. The van der Waals surface area contributed by atoms with Crippen molar-refractivity contribution in [3.8, 4) is 11.1 Å². The van der Waals surface area contributed by atoms with E-state index in [0.717, 1.165) is 6.07 Å². The second-order valence-electron chi connectivity index (χ2n) is 8.92. The number of alkyl halides is 3. The molecule has 0 saturated carbocycles. The van der Waals surface area contributed by atoms with E-state index in [1.54, 1.807) is 19.1 Å². The lowest BCUT2D eigenvalue weighted by atomic mass is 9.76. The molecule has 1 heterocycles. The molecule has 0 fully saturated rings.